The van der Waals surface area contributed by atoms with Gasteiger partial charge in [0.15, 0.2) is 17.8 Å². The van der Waals surface area contributed by atoms with Gasteiger partial charge in [0.25, 0.3) is 0 Å². The van der Waals surface area contributed by atoms with Gasteiger partial charge < -0.3 is 24.6 Å². The van der Waals surface area contributed by atoms with E-state index in [4.69, 9.17) is 19.5 Å². The van der Waals surface area contributed by atoms with Gasteiger partial charge in [-0.3, -0.25) is 4.79 Å². The molecule has 7 heteroatoms. The Hall–Kier alpha value is -2.30. The van der Waals surface area contributed by atoms with Crippen LogP contribution in [-0.4, -0.2) is 32.3 Å². The summed E-state index contributed by atoms with van der Waals surface area (Å²) in [6, 6.07) is 4.68. The van der Waals surface area contributed by atoms with Crippen LogP contribution in [0.4, 0.5) is 5.69 Å². The number of hydrogen-bond acceptors (Lipinski definition) is 6. The normalized spacial score (nSPS) is 10.2. The number of nitrogens with one attached hydrogen (secondary N) is 1. The number of carbonyl (C=O) groups is 1. The molecule has 0 aliphatic rings. The Balaban J connectivity index is 3.30. The molecule has 0 saturated heterocycles. The zero-order valence-electron chi connectivity index (χ0n) is 11.5. The molecule has 0 atom stereocenters. The van der Waals surface area contributed by atoms with Crippen molar-refractivity contribution in [1.82, 2.24) is 0 Å². The molecule has 7 nitrogen and oxygen atoms in total. The summed E-state index contributed by atoms with van der Waals surface area (Å²) in [6.45, 7) is 0. The number of methoxy groups -OCH3 is 3. The average molecular weight is 280 g/mol. The number of benzene rings is 1. The molecule has 1 aromatic carbocycles. The molecule has 0 unspecified atom stereocenters. The third-order valence-electron chi connectivity index (χ3n) is 2.56. The maximum Gasteiger partial charge on any atom is 0.238 e. The fraction of sp³-hybridized carbons (Fsp3) is 0.385. The predicted octanol–water partition coefficient (Wildman–Crippen LogP) is 1.54. The van der Waals surface area contributed by atoms with E-state index in [1.54, 1.807) is 6.07 Å². The molecule has 1 rings (SSSR count). The lowest BCUT2D eigenvalue weighted by atomic mass is 10.1. The Bertz CT molecular complexity index is 520. The molecule has 1 amide bonds. The van der Waals surface area contributed by atoms with Crippen molar-refractivity contribution >= 4 is 11.6 Å². The number of nitriles is 1. The number of carbonyl (C=O) groups excluding carboxylic acids is 1. The molecule has 0 saturated carbocycles. The van der Waals surface area contributed by atoms with Gasteiger partial charge in [-0.1, -0.05) is 0 Å². The van der Waals surface area contributed by atoms with Crippen LogP contribution in [0.25, 0.3) is 0 Å². The first-order chi connectivity index (χ1) is 9.58. The van der Waals surface area contributed by atoms with Crippen molar-refractivity contribution in [2.24, 2.45) is 0 Å². The number of phenols is 1. The van der Waals surface area contributed by atoms with E-state index >= 15 is 0 Å². The summed E-state index contributed by atoms with van der Waals surface area (Å²) in [5.41, 5.74) is 0.678. The van der Waals surface area contributed by atoms with Crippen LogP contribution in [0.15, 0.2) is 12.1 Å². The molecular formula is C13H16N2O5. The van der Waals surface area contributed by atoms with Crippen molar-refractivity contribution in [3.05, 3.63) is 17.7 Å². The van der Waals surface area contributed by atoms with Crippen molar-refractivity contribution < 1.29 is 24.1 Å². The highest BCUT2D eigenvalue weighted by atomic mass is 16.7. The highest BCUT2D eigenvalue weighted by molar-refractivity contribution is 5.95. The Labute approximate surface area is 116 Å². The van der Waals surface area contributed by atoms with Crippen molar-refractivity contribution in [2.45, 2.75) is 12.7 Å². The maximum atomic E-state index is 11.6. The standard InChI is InChI=1S/C13H16N2O5/c1-18-12-9(16)5-4-8(13(19-2)20-3)11(12)15-10(17)6-7-14/h4-5,13,16H,6H2,1-3H3,(H,15,17). The minimum atomic E-state index is -0.748. The van der Waals surface area contributed by atoms with Crippen LogP contribution < -0.4 is 10.1 Å². The Morgan fingerprint density at radius 2 is 2.05 bits per heavy atom. The molecule has 0 radical (unpaired) electrons. The monoisotopic (exact) mass is 280 g/mol. The average Bonchev–Trinajstić information content (AvgIpc) is 2.43. The Morgan fingerprint density at radius 3 is 2.55 bits per heavy atom. The molecule has 0 aliphatic carbocycles. The van der Waals surface area contributed by atoms with E-state index in [-0.39, 0.29) is 23.6 Å². The van der Waals surface area contributed by atoms with E-state index in [9.17, 15) is 9.90 Å². The summed E-state index contributed by atoms with van der Waals surface area (Å²) in [4.78, 5) is 11.6. The lowest BCUT2D eigenvalue weighted by molar-refractivity contribution is -0.115. The van der Waals surface area contributed by atoms with Gasteiger partial charge in [0.2, 0.25) is 5.91 Å². The summed E-state index contributed by atoms with van der Waals surface area (Å²) in [6.07, 6.45) is -1.06. The fourth-order valence-electron chi connectivity index (χ4n) is 1.72. The van der Waals surface area contributed by atoms with E-state index in [0.29, 0.717) is 5.56 Å². The molecule has 108 valence electrons. The van der Waals surface area contributed by atoms with Crippen LogP contribution in [0, 0.1) is 11.3 Å². The van der Waals surface area contributed by atoms with Crippen molar-refractivity contribution in [3.63, 3.8) is 0 Å². The second-order valence-corrected chi connectivity index (χ2v) is 3.77. The van der Waals surface area contributed by atoms with E-state index in [2.05, 4.69) is 5.32 Å². The van der Waals surface area contributed by atoms with Gasteiger partial charge in [0.1, 0.15) is 6.42 Å². The van der Waals surface area contributed by atoms with Gasteiger partial charge in [-0.15, -0.1) is 0 Å². The van der Waals surface area contributed by atoms with E-state index < -0.39 is 12.2 Å². The number of hydrogen-bond donors (Lipinski definition) is 2. The number of aromatic hydroxyl groups is 1. The molecule has 1 aromatic rings. The summed E-state index contributed by atoms with van der Waals surface area (Å²) in [5, 5.41) is 20.8. The van der Waals surface area contributed by atoms with E-state index in [1.807, 2.05) is 0 Å². The van der Waals surface area contributed by atoms with Crippen molar-refractivity contribution in [3.8, 4) is 17.6 Å². The predicted molar refractivity (Wildman–Crippen MR) is 70.3 cm³/mol. The van der Waals surface area contributed by atoms with Crippen LogP contribution >= 0.6 is 0 Å². The first-order valence-electron chi connectivity index (χ1n) is 5.71. The van der Waals surface area contributed by atoms with Crippen molar-refractivity contribution in [1.29, 1.82) is 5.26 Å². The number of rotatable bonds is 6. The molecule has 0 spiro atoms. The zero-order valence-corrected chi connectivity index (χ0v) is 11.5. The van der Waals surface area contributed by atoms with Crippen LogP contribution in [0.5, 0.6) is 11.5 Å². The quantitative estimate of drug-likeness (QED) is 0.767. The highest BCUT2D eigenvalue weighted by Gasteiger charge is 2.22. The molecule has 2 N–H and O–H groups in total. The first kappa shape index (κ1) is 15.8. The van der Waals surface area contributed by atoms with Gasteiger partial charge >= 0.3 is 0 Å². The molecule has 0 aliphatic heterocycles. The van der Waals surface area contributed by atoms with Gasteiger partial charge in [-0.2, -0.15) is 5.26 Å². The van der Waals surface area contributed by atoms with Gasteiger partial charge in [-0.05, 0) is 12.1 Å². The van der Waals surface area contributed by atoms with Gasteiger partial charge in [0.05, 0.1) is 18.9 Å². The molecule has 0 aromatic heterocycles. The molecule has 0 bridgehead atoms. The van der Waals surface area contributed by atoms with E-state index in [0.717, 1.165) is 0 Å². The topological polar surface area (TPSA) is 101 Å². The molecule has 0 heterocycles. The second kappa shape index (κ2) is 7.33. The smallest absolute Gasteiger partial charge is 0.238 e. The lowest BCUT2D eigenvalue weighted by Crippen LogP contribution is -2.15. The Kier molecular flexibility index (Phi) is 5.77. The number of amides is 1. The van der Waals surface area contributed by atoms with Crippen LogP contribution in [-0.2, 0) is 14.3 Å². The van der Waals surface area contributed by atoms with Crippen LogP contribution in [0.2, 0.25) is 0 Å². The fourth-order valence-corrected chi connectivity index (χ4v) is 1.72. The summed E-state index contributed by atoms with van der Waals surface area (Å²) >= 11 is 0. The third kappa shape index (κ3) is 3.38. The zero-order chi connectivity index (χ0) is 15.1. The van der Waals surface area contributed by atoms with Crippen LogP contribution in [0.3, 0.4) is 0 Å². The summed E-state index contributed by atoms with van der Waals surface area (Å²) in [5.74, 6) is -0.592. The minimum absolute atomic E-state index is 0.0767. The van der Waals surface area contributed by atoms with Crippen LogP contribution in [0.1, 0.15) is 18.3 Å². The number of anilines is 1. The van der Waals surface area contributed by atoms with Gasteiger partial charge in [0, 0.05) is 19.8 Å². The minimum Gasteiger partial charge on any atom is -0.504 e. The summed E-state index contributed by atoms with van der Waals surface area (Å²) in [7, 11) is 4.23. The number of ether oxygens (including phenoxy) is 3. The van der Waals surface area contributed by atoms with Crippen molar-refractivity contribution in [2.75, 3.05) is 26.6 Å². The molecule has 0 fully saturated rings. The lowest BCUT2D eigenvalue weighted by Gasteiger charge is -2.20. The molecule has 20 heavy (non-hydrogen) atoms. The SMILES string of the molecule is COc1c(O)ccc(C(OC)OC)c1NC(=O)CC#N. The molecular weight excluding hydrogens is 264 g/mol. The highest BCUT2D eigenvalue weighted by Crippen LogP contribution is 2.40. The Morgan fingerprint density at radius 1 is 1.40 bits per heavy atom. The van der Waals surface area contributed by atoms with Gasteiger partial charge in [-0.25, -0.2) is 0 Å². The second-order valence-electron chi connectivity index (χ2n) is 3.77. The largest absolute Gasteiger partial charge is 0.504 e. The summed E-state index contributed by atoms with van der Waals surface area (Å²) < 4.78 is 15.3. The number of nitrogens with zero attached hydrogens (tertiary/aromatic N) is 1. The van der Waals surface area contributed by atoms with E-state index in [1.165, 1.54) is 33.5 Å². The third-order valence-corrected chi connectivity index (χ3v) is 2.56. The number of phenolic OH excluding ortho intramolecular Hbond substituents is 1. The maximum absolute atomic E-state index is 11.6. The first-order valence-corrected chi connectivity index (χ1v) is 5.71.